The van der Waals surface area contributed by atoms with E-state index in [4.69, 9.17) is 4.74 Å². The monoisotopic (exact) mass is 320 g/mol. The molecule has 1 rings (SSSR count). The van der Waals surface area contributed by atoms with E-state index in [-0.39, 0.29) is 0 Å². The molecule has 0 saturated heterocycles. The average Bonchev–Trinajstić information content (AvgIpc) is 2.55. The van der Waals surface area contributed by atoms with Gasteiger partial charge < -0.3 is 9.84 Å². The van der Waals surface area contributed by atoms with Crippen molar-refractivity contribution in [3.8, 4) is 0 Å². The number of carbonyl (C=O) groups excluding carboxylic acids is 1. The van der Waals surface area contributed by atoms with E-state index in [9.17, 15) is 9.90 Å². The normalized spacial score (nSPS) is 13.8. The number of benzene rings is 1. The Kier molecular flexibility index (Phi) is 8.93. The molecule has 1 unspecified atom stereocenters. The molecule has 0 spiro atoms. The Morgan fingerprint density at radius 2 is 1.83 bits per heavy atom. The molecule has 0 amide bonds. The number of ether oxygens (including phenoxy) is 1. The first kappa shape index (κ1) is 19.7. The van der Waals surface area contributed by atoms with Crippen LogP contribution in [0.5, 0.6) is 0 Å². The van der Waals surface area contributed by atoms with Gasteiger partial charge in [0.1, 0.15) is 0 Å². The zero-order valence-corrected chi connectivity index (χ0v) is 14.9. The third-order valence-electron chi connectivity index (χ3n) is 4.14. The highest BCUT2D eigenvalue weighted by Crippen LogP contribution is 2.29. The molecule has 0 radical (unpaired) electrons. The van der Waals surface area contributed by atoms with Crippen LogP contribution in [0.25, 0.3) is 0 Å². The van der Waals surface area contributed by atoms with Crippen molar-refractivity contribution in [1.82, 2.24) is 0 Å². The van der Waals surface area contributed by atoms with Gasteiger partial charge >= 0.3 is 5.97 Å². The molecule has 0 aromatic heterocycles. The van der Waals surface area contributed by atoms with Crippen LogP contribution < -0.4 is 0 Å². The predicted molar refractivity (Wildman–Crippen MR) is 94.1 cm³/mol. The predicted octanol–water partition coefficient (Wildman–Crippen LogP) is 4.82. The van der Waals surface area contributed by atoms with Gasteiger partial charge in [-0.05, 0) is 37.2 Å². The molecular weight excluding hydrogens is 288 g/mol. The molecule has 1 aromatic carbocycles. The van der Waals surface area contributed by atoms with Crippen molar-refractivity contribution < 1.29 is 14.6 Å². The first-order chi connectivity index (χ1) is 11.0. The fourth-order valence-electron chi connectivity index (χ4n) is 2.65. The summed E-state index contributed by atoms with van der Waals surface area (Å²) in [5.41, 5.74) is -0.891. The zero-order chi connectivity index (χ0) is 17.1. The van der Waals surface area contributed by atoms with Crippen LogP contribution in [0.15, 0.2) is 30.3 Å². The SMILES string of the molecule is CCCCCC(O)(C(=O)OCCCCC(C)C)c1ccccc1. The molecule has 3 nitrogen and oxygen atoms in total. The molecule has 1 aromatic rings. The third kappa shape index (κ3) is 6.74. The number of esters is 1. The van der Waals surface area contributed by atoms with Gasteiger partial charge in [0.05, 0.1) is 6.61 Å². The van der Waals surface area contributed by atoms with E-state index in [1.54, 1.807) is 12.1 Å². The molecule has 1 atom stereocenters. The lowest BCUT2D eigenvalue weighted by Gasteiger charge is -2.26. The van der Waals surface area contributed by atoms with Crippen molar-refractivity contribution in [3.63, 3.8) is 0 Å². The maximum atomic E-state index is 12.5. The quantitative estimate of drug-likeness (QED) is 0.469. The summed E-state index contributed by atoms with van der Waals surface area (Å²) in [6, 6.07) is 9.16. The second kappa shape index (κ2) is 10.4. The van der Waals surface area contributed by atoms with Crippen LogP contribution in [0.2, 0.25) is 0 Å². The number of unbranched alkanes of at least 4 members (excludes halogenated alkanes) is 3. The van der Waals surface area contributed by atoms with Crippen LogP contribution in [-0.4, -0.2) is 17.7 Å². The molecular formula is C20H32O3. The van der Waals surface area contributed by atoms with Gasteiger partial charge in [0.2, 0.25) is 0 Å². The van der Waals surface area contributed by atoms with E-state index < -0.39 is 11.6 Å². The molecule has 0 fully saturated rings. The largest absolute Gasteiger partial charge is 0.463 e. The van der Waals surface area contributed by atoms with E-state index in [2.05, 4.69) is 20.8 Å². The molecule has 3 heteroatoms. The minimum atomic E-state index is -1.52. The molecule has 23 heavy (non-hydrogen) atoms. The lowest BCUT2D eigenvalue weighted by Crippen LogP contribution is -2.37. The van der Waals surface area contributed by atoms with Crippen LogP contribution in [0.3, 0.4) is 0 Å². The number of aliphatic hydroxyl groups is 1. The van der Waals surface area contributed by atoms with E-state index >= 15 is 0 Å². The number of hydrogen-bond acceptors (Lipinski definition) is 3. The van der Waals surface area contributed by atoms with Gasteiger partial charge in [-0.15, -0.1) is 0 Å². The van der Waals surface area contributed by atoms with Crippen molar-refractivity contribution in [2.75, 3.05) is 6.61 Å². The summed E-state index contributed by atoms with van der Waals surface area (Å²) in [5.74, 6) is 0.158. The molecule has 0 aliphatic carbocycles. The first-order valence-electron chi connectivity index (χ1n) is 8.95. The van der Waals surface area contributed by atoms with Gasteiger partial charge in [0.15, 0.2) is 5.60 Å². The Labute approximate surface area is 141 Å². The Hall–Kier alpha value is -1.35. The fourth-order valence-corrected chi connectivity index (χ4v) is 2.65. The molecule has 1 N–H and O–H groups in total. The van der Waals surface area contributed by atoms with E-state index in [1.165, 1.54) is 0 Å². The maximum Gasteiger partial charge on any atom is 0.342 e. The zero-order valence-electron chi connectivity index (χ0n) is 14.9. The van der Waals surface area contributed by atoms with Gasteiger partial charge in [-0.1, -0.05) is 70.4 Å². The summed E-state index contributed by atoms with van der Waals surface area (Å²) >= 11 is 0. The van der Waals surface area contributed by atoms with Crippen LogP contribution in [0.1, 0.15) is 71.3 Å². The summed E-state index contributed by atoms with van der Waals surface area (Å²) in [5, 5.41) is 10.9. The Balaban J connectivity index is 2.62. The smallest absolute Gasteiger partial charge is 0.342 e. The van der Waals surface area contributed by atoms with Gasteiger partial charge in [-0.25, -0.2) is 4.79 Å². The molecule has 0 heterocycles. The Bertz CT molecular complexity index is 441. The highest BCUT2D eigenvalue weighted by molar-refractivity contribution is 5.81. The Morgan fingerprint density at radius 3 is 2.43 bits per heavy atom. The fraction of sp³-hybridized carbons (Fsp3) is 0.650. The third-order valence-corrected chi connectivity index (χ3v) is 4.14. The van der Waals surface area contributed by atoms with Crippen molar-refractivity contribution in [3.05, 3.63) is 35.9 Å². The van der Waals surface area contributed by atoms with Crippen molar-refractivity contribution in [2.45, 2.75) is 71.3 Å². The summed E-state index contributed by atoms with van der Waals surface area (Å²) in [4.78, 5) is 12.5. The van der Waals surface area contributed by atoms with Crippen molar-refractivity contribution in [1.29, 1.82) is 0 Å². The van der Waals surface area contributed by atoms with E-state index in [0.29, 0.717) is 24.5 Å². The van der Waals surface area contributed by atoms with Crippen LogP contribution >= 0.6 is 0 Å². The topological polar surface area (TPSA) is 46.5 Å². The van der Waals surface area contributed by atoms with Gasteiger partial charge in [-0.2, -0.15) is 0 Å². The van der Waals surface area contributed by atoms with Gasteiger partial charge in [0, 0.05) is 0 Å². The van der Waals surface area contributed by atoms with Crippen molar-refractivity contribution >= 4 is 5.97 Å². The minimum Gasteiger partial charge on any atom is -0.463 e. The Morgan fingerprint density at radius 1 is 1.13 bits per heavy atom. The lowest BCUT2D eigenvalue weighted by molar-refractivity contribution is -0.168. The van der Waals surface area contributed by atoms with Crippen molar-refractivity contribution in [2.24, 2.45) is 5.92 Å². The molecule has 0 aliphatic rings. The second-order valence-corrected chi connectivity index (χ2v) is 6.71. The molecule has 0 saturated carbocycles. The van der Waals surface area contributed by atoms with Crippen LogP contribution in [-0.2, 0) is 15.1 Å². The summed E-state index contributed by atoms with van der Waals surface area (Å²) in [7, 11) is 0. The summed E-state index contributed by atoms with van der Waals surface area (Å²) in [6.07, 6.45) is 6.30. The highest BCUT2D eigenvalue weighted by atomic mass is 16.5. The number of rotatable bonds is 11. The standard InChI is InChI=1S/C20H32O3/c1-4-5-10-15-20(22,18-13-7-6-8-14-18)19(21)23-16-11-9-12-17(2)3/h6-8,13-14,17,22H,4-5,9-12,15-16H2,1-3H3. The van der Waals surface area contributed by atoms with Gasteiger partial charge in [-0.3, -0.25) is 0 Å². The summed E-state index contributed by atoms with van der Waals surface area (Å²) in [6.45, 7) is 6.87. The van der Waals surface area contributed by atoms with E-state index in [0.717, 1.165) is 38.5 Å². The molecule has 0 bridgehead atoms. The first-order valence-corrected chi connectivity index (χ1v) is 8.95. The lowest BCUT2D eigenvalue weighted by atomic mass is 9.88. The second-order valence-electron chi connectivity index (χ2n) is 6.71. The van der Waals surface area contributed by atoms with E-state index in [1.807, 2.05) is 18.2 Å². The highest BCUT2D eigenvalue weighted by Gasteiger charge is 2.38. The average molecular weight is 320 g/mol. The maximum absolute atomic E-state index is 12.5. The summed E-state index contributed by atoms with van der Waals surface area (Å²) < 4.78 is 5.39. The van der Waals surface area contributed by atoms with Crippen LogP contribution in [0, 0.1) is 5.92 Å². The van der Waals surface area contributed by atoms with Crippen LogP contribution in [0.4, 0.5) is 0 Å². The van der Waals surface area contributed by atoms with Gasteiger partial charge in [0.25, 0.3) is 0 Å². The number of carbonyl (C=O) groups is 1. The number of hydrogen-bond donors (Lipinski definition) is 1. The molecule has 0 aliphatic heterocycles. The minimum absolute atomic E-state index is 0.383. The molecule has 130 valence electrons.